The number of carbonyl (C=O) groups is 2. The van der Waals surface area contributed by atoms with Gasteiger partial charge in [-0.3, -0.25) is 9.47 Å². The molecule has 2 heterocycles. The number of aryl methyl sites for hydroxylation is 1. The molecule has 0 bridgehead atoms. The van der Waals surface area contributed by atoms with Crippen LogP contribution in [-0.2, 0) is 9.47 Å². The van der Waals surface area contributed by atoms with E-state index in [9.17, 15) is 18.4 Å². The summed E-state index contributed by atoms with van der Waals surface area (Å²) < 4.78 is 45.7. The molecule has 1 aromatic heterocycles. The molecule has 2 aromatic carbocycles. The third-order valence-corrected chi connectivity index (χ3v) is 7.30. The zero-order valence-corrected chi connectivity index (χ0v) is 24.3. The highest BCUT2D eigenvalue weighted by Crippen LogP contribution is 2.40. The number of fused-ring (bicyclic) bond motifs is 1. The molecule has 10 heteroatoms. The number of hydrogen-bond acceptors (Lipinski definition) is 6. The molecule has 0 saturated carbocycles. The molecular weight excluding hydrogens is 574 g/mol. The average Bonchev–Trinajstić information content (AvgIpc) is 3.31. The summed E-state index contributed by atoms with van der Waals surface area (Å²) in [6.07, 6.45) is -1.08. The van der Waals surface area contributed by atoms with Crippen molar-refractivity contribution in [3.8, 4) is 5.75 Å². The van der Waals surface area contributed by atoms with Crippen molar-refractivity contribution in [1.29, 1.82) is 0 Å². The van der Waals surface area contributed by atoms with Crippen molar-refractivity contribution >= 4 is 38.9 Å². The number of aromatic nitrogens is 1. The molecular formula is C29H33BrF2N2O5. The molecule has 1 saturated heterocycles. The van der Waals surface area contributed by atoms with Gasteiger partial charge in [0.05, 0.1) is 29.2 Å². The van der Waals surface area contributed by atoms with E-state index >= 15 is 0 Å². The molecule has 0 unspecified atom stereocenters. The second-order valence-electron chi connectivity index (χ2n) is 10.7. The Morgan fingerprint density at radius 1 is 1.15 bits per heavy atom. The van der Waals surface area contributed by atoms with E-state index in [4.69, 9.17) is 14.2 Å². The number of methoxy groups -OCH3 is 1. The minimum atomic E-state index is -2.44. The van der Waals surface area contributed by atoms with Gasteiger partial charge in [-0.05, 0) is 85.4 Å². The molecule has 1 aliphatic heterocycles. The largest absolute Gasteiger partial charge is 0.488 e. The third-order valence-electron chi connectivity index (χ3n) is 6.71. The number of alkyl halides is 2. The summed E-state index contributed by atoms with van der Waals surface area (Å²) in [7, 11) is 1.32. The first-order valence-corrected chi connectivity index (χ1v) is 13.6. The van der Waals surface area contributed by atoms with Crippen molar-refractivity contribution in [3.05, 3.63) is 63.8 Å². The fraction of sp³-hybridized carbons (Fsp3) is 0.448. The minimum absolute atomic E-state index is 0.236. The Bertz CT molecular complexity index is 1350. The van der Waals surface area contributed by atoms with E-state index in [1.807, 2.05) is 52.0 Å². The Hall–Kier alpha value is -2.98. The summed E-state index contributed by atoms with van der Waals surface area (Å²) >= 11 is 3.63. The molecule has 0 amide bonds. The van der Waals surface area contributed by atoms with E-state index in [-0.39, 0.29) is 18.6 Å². The van der Waals surface area contributed by atoms with Gasteiger partial charge < -0.3 is 14.2 Å². The number of hydrogen-bond donors (Lipinski definition) is 0. The van der Waals surface area contributed by atoms with E-state index in [0.717, 1.165) is 21.0 Å². The zero-order chi connectivity index (χ0) is 28.5. The molecule has 0 N–H and O–H groups in total. The van der Waals surface area contributed by atoms with Gasteiger partial charge in [-0.2, -0.15) is 0 Å². The monoisotopic (exact) mass is 606 g/mol. The predicted octanol–water partition coefficient (Wildman–Crippen LogP) is 6.78. The van der Waals surface area contributed by atoms with Crippen molar-refractivity contribution in [2.75, 3.05) is 26.7 Å². The van der Waals surface area contributed by atoms with Crippen LogP contribution in [0.5, 0.6) is 5.75 Å². The number of halogens is 3. The van der Waals surface area contributed by atoms with Gasteiger partial charge in [-0.1, -0.05) is 12.1 Å². The van der Waals surface area contributed by atoms with Gasteiger partial charge in [0, 0.05) is 30.6 Å². The van der Waals surface area contributed by atoms with Crippen LogP contribution < -0.4 is 4.74 Å². The van der Waals surface area contributed by atoms with E-state index in [1.165, 1.54) is 11.7 Å². The summed E-state index contributed by atoms with van der Waals surface area (Å²) in [6, 6.07) is 10.7. The van der Waals surface area contributed by atoms with Gasteiger partial charge in [0.25, 0.3) is 6.43 Å². The summed E-state index contributed by atoms with van der Waals surface area (Å²) in [5.41, 5.74) is 2.17. The van der Waals surface area contributed by atoms with Gasteiger partial charge in [0.15, 0.2) is 0 Å². The highest BCUT2D eigenvalue weighted by Gasteiger charge is 2.34. The molecule has 4 rings (SSSR count). The van der Waals surface area contributed by atoms with Crippen LogP contribution in [0.2, 0.25) is 0 Å². The van der Waals surface area contributed by atoms with Crippen molar-refractivity contribution < 1.29 is 32.6 Å². The quantitative estimate of drug-likeness (QED) is 0.288. The van der Waals surface area contributed by atoms with E-state index in [0.29, 0.717) is 36.3 Å². The van der Waals surface area contributed by atoms with Crippen LogP contribution in [0.25, 0.3) is 10.9 Å². The van der Waals surface area contributed by atoms with E-state index in [1.54, 1.807) is 23.2 Å². The lowest BCUT2D eigenvalue weighted by molar-refractivity contribution is 0.0353. The fourth-order valence-corrected chi connectivity index (χ4v) is 5.66. The number of rotatable bonds is 6. The van der Waals surface area contributed by atoms with Crippen molar-refractivity contribution in [2.45, 2.75) is 58.2 Å². The first-order chi connectivity index (χ1) is 18.4. The maximum Gasteiger partial charge on any atom is 0.419 e. The van der Waals surface area contributed by atoms with Crippen molar-refractivity contribution in [2.24, 2.45) is 0 Å². The number of piperidine rings is 1. The molecule has 1 aliphatic rings. The first-order valence-electron chi connectivity index (χ1n) is 12.8. The Labute approximate surface area is 235 Å². The molecule has 0 spiro atoms. The van der Waals surface area contributed by atoms with Crippen LogP contribution in [0, 0.1) is 6.92 Å². The van der Waals surface area contributed by atoms with Crippen LogP contribution in [0.3, 0.4) is 0 Å². The Balaban J connectivity index is 1.69. The molecule has 0 aliphatic carbocycles. The predicted molar refractivity (Wildman–Crippen MR) is 148 cm³/mol. The Morgan fingerprint density at radius 2 is 1.85 bits per heavy atom. The van der Waals surface area contributed by atoms with Gasteiger partial charge in [0.1, 0.15) is 17.5 Å². The van der Waals surface area contributed by atoms with Gasteiger partial charge >= 0.3 is 12.1 Å². The van der Waals surface area contributed by atoms with Crippen LogP contribution in [0.4, 0.5) is 13.6 Å². The number of likely N-dealkylation sites (tertiary alicyclic amines) is 1. The van der Waals surface area contributed by atoms with Crippen molar-refractivity contribution in [1.82, 2.24) is 9.47 Å². The first kappa shape index (κ1) is 29.0. The number of carbonyl (C=O) groups excluding carboxylic acids is 2. The molecule has 39 heavy (non-hydrogen) atoms. The van der Waals surface area contributed by atoms with Crippen LogP contribution in [0.1, 0.15) is 54.6 Å². The zero-order valence-electron chi connectivity index (χ0n) is 22.7. The summed E-state index contributed by atoms with van der Waals surface area (Å²) in [6.45, 7) is 7.86. The number of benzene rings is 2. The second-order valence-corrected chi connectivity index (χ2v) is 11.6. The summed E-state index contributed by atoms with van der Waals surface area (Å²) in [5.74, 6) is -0.111. The maximum atomic E-state index is 13.2. The Morgan fingerprint density at radius 3 is 2.46 bits per heavy atom. The summed E-state index contributed by atoms with van der Waals surface area (Å²) in [4.78, 5) is 26.6. The topological polar surface area (TPSA) is 70.0 Å². The fourth-order valence-electron chi connectivity index (χ4n) is 5.01. The van der Waals surface area contributed by atoms with Crippen LogP contribution in [0.15, 0.2) is 47.1 Å². The van der Waals surface area contributed by atoms with Crippen LogP contribution >= 0.6 is 15.9 Å². The highest BCUT2D eigenvalue weighted by atomic mass is 79.9. The van der Waals surface area contributed by atoms with Crippen molar-refractivity contribution in [3.63, 3.8) is 0 Å². The van der Waals surface area contributed by atoms with Gasteiger partial charge in [0.2, 0.25) is 0 Å². The Kier molecular flexibility index (Phi) is 8.66. The van der Waals surface area contributed by atoms with E-state index < -0.39 is 24.1 Å². The normalized spacial score (nSPS) is 18.4. The highest BCUT2D eigenvalue weighted by molar-refractivity contribution is 9.10. The smallest absolute Gasteiger partial charge is 0.419 e. The SMILES string of the molecule is COC(=O)c1ccc([C@@H]2CN(CC(F)F)CC[C@H]2Oc2c(Br)cc(C)c3c2ccn3C(=O)OC(C)(C)C)cc1. The lowest BCUT2D eigenvalue weighted by atomic mass is 9.87. The number of ether oxygens (including phenoxy) is 3. The molecule has 7 nitrogen and oxygen atoms in total. The molecule has 1 fully saturated rings. The molecule has 210 valence electrons. The number of esters is 1. The molecule has 3 aromatic rings. The summed E-state index contributed by atoms with van der Waals surface area (Å²) in [5, 5.41) is 0.738. The lowest BCUT2D eigenvalue weighted by Crippen LogP contribution is -2.45. The number of nitrogens with zero attached hydrogens (tertiary/aromatic N) is 2. The molecule has 0 radical (unpaired) electrons. The second kappa shape index (κ2) is 11.6. The average molecular weight is 607 g/mol. The minimum Gasteiger partial charge on any atom is -0.488 e. The third kappa shape index (κ3) is 6.61. The maximum absolute atomic E-state index is 13.2. The van der Waals surface area contributed by atoms with E-state index in [2.05, 4.69) is 15.9 Å². The standard InChI is InChI=1S/C29H33BrF2N2O5/c1-17-14-22(30)26(20-10-13-34(25(17)20)28(36)39-29(2,3)4)38-23-11-12-33(16-24(31)32)15-21(23)18-6-8-19(9-7-18)27(35)37-5/h6-10,13-14,21,23-24H,11-12,15-16H2,1-5H3/t21-,23+/m0/s1. The van der Waals surface area contributed by atoms with Crippen LogP contribution in [-0.4, -0.2) is 66.4 Å². The molecule has 2 atom stereocenters. The van der Waals surface area contributed by atoms with Gasteiger partial charge in [-0.25, -0.2) is 18.4 Å². The lowest BCUT2D eigenvalue weighted by Gasteiger charge is -2.39. The van der Waals surface area contributed by atoms with Gasteiger partial charge in [-0.15, -0.1) is 0 Å².